The summed E-state index contributed by atoms with van der Waals surface area (Å²) in [4.78, 5) is 14.2. The van der Waals surface area contributed by atoms with Crippen LogP contribution in [0.2, 0.25) is 0 Å². The number of rotatable bonds is 2. The lowest BCUT2D eigenvalue weighted by molar-refractivity contribution is -0.158. The summed E-state index contributed by atoms with van der Waals surface area (Å²) >= 11 is 0. The minimum Gasteiger partial charge on any atom is -0.369 e. The van der Waals surface area contributed by atoms with Gasteiger partial charge in [0, 0.05) is 19.5 Å². The van der Waals surface area contributed by atoms with Gasteiger partial charge in [0.1, 0.15) is 0 Å². The fourth-order valence-corrected chi connectivity index (χ4v) is 2.91. The molecular formula is C13H24N2O2. The minimum absolute atomic E-state index is 0.143. The fraction of sp³-hybridized carbons (Fsp3) is 0.923. The van der Waals surface area contributed by atoms with E-state index in [4.69, 9.17) is 4.74 Å². The van der Waals surface area contributed by atoms with Gasteiger partial charge >= 0.3 is 0 Å². The van der Waals surface area contributed by atoms with E-state index in [1.54, 1.807) is 0 Å². The van der Waals surface area contributed by atoms with Gasteiger partial charge in [-0.1, -0.05) is 0 Å². The molecule has 98 valence electrons. The topological polar surface area (TPSA) is 41.6 Å². The molecule has 2 heterocycles. The first-order valence-corrected chi connectivity index (χ1v) is 6.62. The molecule has 4 nitrogen and oxygen atoms in total. The van der Waals surface area contributed by atoms with Gasteiger partial charge in [0.15, 0.2) is 0 Å². The van der Waals surface area contributed by atoms with Crippen LogP contribution in [0.1, 0.15) is 33.6 Å². The SMILES string of the molecule is CC1CN(C(=O)CC2CCNC2)CC(C)(C)O1. The van der Waals surface area contributed by atoms with Gasteiger partial charge in [0.25, 0.3) is 0 Å². The Morgan fingerprint density at radius 1 is 1.53 bits per heavy atom. The zero-order valence-electron chi connectivity index (χ0n) is 11.2. The van der Waals surface area contributed by atoms with Gasteiger partial charge in [-0.25, -0.2) is 0 Å². The molecule has 2 atom stereocenters. The smallest absolute Gasteiger partial charge is 0.223 e. The molecule has 0 aliphatic carbocycles. The predicted molar refractivity (Wildman–Crippen MR) is 66.8 cm³/mol. The first kappa shape index (κ1) is 12.8. The second-order valence-corrected chi connectivity index (χ2v) is 6.03. The van der Waals surface area contributed by atoms with Crippen LogP contribution in [0.5, 0.6) is 0 Å². The van der Waals surface area contributed by atoms with E-state index in [9.17, 15) is 4.79 Å². The molecule has 1 N–H and O–H groups in total. The van der Waals surface area contributed by atoms with E-state index in [1.807, 2.05) is 11.8 Å². The number of nitrogens with zero attached hydrogens (tertiary/aromatic N) is 1. The molecular weight excluding hydrogens is 216 g/mol. The number of morpholine rings is 1. The van der Waals surface area contributed by atoms with Crippen molar-refractivity contribution < 1.29 is 9.53 Å². The van der Waals surface area contributed by atoms with Gasteiger partial charge in [0.2, 0.25) is 5.91 Å². The van der Waals surface area contributed by atoms with Gasteiger partial charge in [-0.15, -0.1) is 0 Å². The molecule has 2 aliphatic heterocycles. The molecule has 0 spiro atoms. The largest absolute Gasteiger partial charge is 0.369 e. The summed E-state index contributed by atoms with van der Waals surface area (Å²) in [5, 5.41) is 3.31. The Morgan fingerprint density at radius 3 is 2.88 bits per heavy atom. The van der Waals surface area contributed by atoms with Crippen molar-refractivity contribution in [1.29, 1.82) is 0 Å². The lowest BCUT2D eigenvalue weighted by atomic mass is 10.0. The predicted octanol–water partition coefficient (Wildman–Crippen LogP) is 1.01. The number of hydrogen-bond acceptors (Lipinski definition) is 3. The fourth-order valence-electron chi connectivity index (χ4n) is 2.91. The Hall–Kier alpha value is -0.610. The van der Waals surface area contributed by atoms with Crippen LogP contribution in [-0.4, -0.2) is 48.7 Å². The zero-order chi connectivity index (χ0) is 12.5. The van der Waals surface area contributed by atoms with Gasteiger partial charge in [-0.3, -0.25) is 4.79 Å². The quantitative estimate of drug-likeness (QED) is 0.783. The van der Waals surface area contributed by atoms with Gasteiger partial charge in [-0.2, -0.15) is 0 Å². The average molecular weight is 240 g/mol. The van der Waals surface area contributed by atoms with Crippen molar-refractivity contribution >= 4 is 5.91 Å². The highest BCUT2D eigenvalue weighted by Crippen LogP contribution is 2.23. The third-order valence-corrected chi connectivity index (χ3v) is 3.55. The number of amides is 1. The van der Waals surface area contributed by atoms with E-state index >= 15 is 0 Å². The summed E-state index contributed by atoms with van der Waals surface area (Å²) in [5.74, 6) is 0.825. The zero-order valence-corrected chi connectivity index (χ0v) is 11.2. The Balaban J connectivity index is 1.89. The van der Waals surface area contributed by atoms with Gasteiger partial charge in [0.05, 0.1) is 11.7 Å². The number of ether oxygens (including phenoxy) is 1. The Kier molecular flexibility index (Phi) is 3.73. The summed E-state index contributed by atoms with van der Waals surface area (Å²) < 4.78 is 5.82. The van der Waals surface area contributed by atoms with Crippen LogP contribution in [0.15, 0.2) is 0 Å². The minimum atomic E-state index is -0.207. The maximum Gasteiger partial charge on any atom is 0.223 e. The maximum atomic E-state index is 12.2. The molecule has 0 aromatic heterocycles. The number of hydrogen-bond donors (Lipinski definition) is 1. The van der Waals surface area contributed by atoms with Crippen molar-refractivity contribution in [2.75, 3.05) is 26.2 Å². The van der Waals surface area contributed by atoms with Crippen molar-refractivity contribution in [2.45, 2.75) is 45.3 Å². The van der Waals surface area contributed by atoms with Gasteiger partial charge in [-0.05, 0) is 46.2 Å². The normalized spacial score (nSPS) is 32.8. The molecule has 0 radical (unpaired) electrons. The van der Waals surface area contributed by atoms with E-state index in [0.717, 1.165) is 32.6 Å². The van der Waals surface area contributed by atoms with Crippen molar-refractivity contribution in [2.24, 2.45) is 5.92 Å². The molecule has 17 heavy (non-hydrogen) atoms. The summed E-state index contributed by atoms with van der Waals surface area (Å²) in [6.45, 7) is 9.66. The molecule has 2 fully saturated rings. The molecule has 0 bridgehead atoms. The first-order valence-electron chi connectivity index (χ1n) is 6.62. The summed E-state index contributed by atoms with van der Waals surface area (Å²) in [6.07, 6.45) is 1.97. The second kappa shape index (κ2) is 4.94. The lowest BCUT2D eigenvalue weighted by Gasteiger charge is -2.42. The lowest BCUT2D eigenvalue weighted by Crippen LogP contribution is -2.54. The van der Waals surface area contributed by atoms with E-state index in [1.165, 1.54) is 0 Å². The summed E-state index contributed by atoms with van der Waals surface area (Å²) in [5.41, 5.74) is -0.207. The molecule has 0 aromatic rings. The molecule has 0 saturated carbocycles. The summed E-state index contributed by atoms with van der Waals surface area (Å²) in [6, 6.07) is 0. The number of nitrogens with one attached hydrogen (secondary N) is 1. The molecule has 0 aromatic carbocycles. The Labute approximate surface area is 104 Å². The third-order valence-electron chi connectivity index (χ3n) is 3.55. The molecule has 4 heteroatoms. The number of carbonyl (C=O) groups excluding carboxylic acids is 1. The first-order chi connectivity index (χ1) is 7.96. The van der Waals surface area contributed by atoms with Crippen LogP contribution in [0.3, 0.4) is 0 Å². The molecule has 2 saturated heterocycles. The average Bonchev–Trinajstić information content (AvgIpc) is 2.67. The highest BCUT2D eigenvalue weighted by atomic mass is 16.5. The molecule has 1 amide bonds. The summed E-state index contributed by atoms with van der Waals surface area (Å²) in [7, 11) is 0. The highest BCUT2D eigenvalue weighted by molar-refractivity contribution is 5.76. The van der Waals surface area contributed by atoms with Crippen LogP contribution in [-0.2, 0) is 9.53 Å². The standard InChI is InChI=1S/C13H24N2O2/c1-10-8-15(9-13(2,3)17-10)12(16)6-11-4-5-14-7-11/h10-11,14H,4-9H2,1-3H3. The van der Waals surface area contributed by atoms with Crippen LogP contribution >= 0.6 is 0 Å². The van der Waals surface area contributed by atoms with Crippen molar-refractivity contribution in [3.63, 3.8) is 0 Å². The van der Waals surface area contributed by atoms with E-state index in [2.05, 4.69) is 19.2 Å². The second-order valence-electron chi connectivity index (χ2n) is 6.03. The van der Waals surface area contributed by atoms with E-state index in [-0.39, 0.29) is 11.7 Å². The Bertz CT molecular complexity index is 285. The molecule has 2 unspecified atom stereocenters. The van der Waals surface area contributed by atoms with Crippen LogP contribution in [0.25, 0.3) is 0 Å². The van der Waals surface area contributed by atoms with Crippen molar-refractivity contribution in [3.8, 4) is 0 Å². The molecule has 2 rings (SSSR count). The van der Waals surface area contributed by atoms with E-state index in [0.29, 0.717) is 18.2 Å². The van der Waals surface area contributed by atoms with Gasteiger partial charge < -0.3 is 15.0 Å². The third kappa shape index (κ3) is 3.42. The van der Waals surface area contributed by atoms with Crippen LogP contribution in [0, 0.1) is 5.92 Å². The maximum absolute atomic E-state index is 12.2. The van der Waals surface area contributed by atoms with Crippen LogP contribution in [0.4, 0.5) is 0 Å². The van der Waals surface area contributed by atoms with Crippen molar-refractivity contribution in [1.82, 2.24) is 10.2 Å². The van der Waals surface area contributed by atoms with Crippen molar-refractivity contribution in [3.05, 3.63) is 0 Å². The monoisotopic (exact) mass is 240 g/mol. The van der Waals surface area contributed by atoms with E-state index < -0.39 is 0 Å². The molecule has 2 aliphatic rings. The van der Waals surface area contributed by atoms with Crippen LogP contribution < -0.4 is 5.32 Å². The number of carbonyl (C=O) groups is 1. The highest BCUT2D eigenvalue weighted by Gasteiger charge is 2.34. The Morgan fingerprint density at radius 2 is 2.29 bits per heavy atom.